The molecule has 0 rings (SSSR count). The van der Waals surface area contributed by atoms with Crippen LogP contribution in [-0.4, -0.2) is 35.6 Å². The normalized spacial score (nSPS) is 12.7. The summed E-state index contributed by atoms with van der Waals surface area (Å²) in [6.45, 7) is 4.00. The first kappa shape index (κ1) is 35.4. The average molecular weight is 532 g/mol. The Kier molecular flexibility index (Phi) is 25.5. The zero-order valence-corrected chi connectivity index (χ0v) is 24.0. The SMILES string of the molecule is CC/C=C\C/C=C\C/C=C\C/C=C\CCC(=O)OC(CCCCCC)CCCCCCC(=O)NCC(=O)O. The van der Waals surface area contributed by atoms with E-state index in [9.17, 15) is 14.4 Å². The van der Waals surface area contributed by atoms with Crippen molar-refractivity contribution >= 4 is 17.8 Å². The molecule has 216 valence electrons. The largest absolute Gasteiger partial charge is 0.480 e. The first-order valence-electron chi connectivity index (χ1n) is 14.8. The molecular weight excluding hydrogens is 478 g/mol. The summed E-state index contributed by atoms with van der Waals surface area (Å²) in [5.74, 6) is -1.37. The number of allylic oxidation sites excluding steroid dienone is 8. The summed E-state index contributed by atoms with van der Waals surface area (Å²) in [4.78, 5) is 34.4. The van der Waals surface area contributed by atoms with Crippen molar-refractivity contribution in [1.29, 1.82) is 0 Å². The van der Waals surface area contributed by atoms with Crippen LogP contribution in [0.25, 0.3) is 0 Å². The van der Waals surface area contributed by atoms with Crippen LogP contribution in [0, 0.1) is 0 Å². The van der Waals surface area contributed by atoms with Crippen LogP contribution >= 0.6 is 0 Å². The molecule has 0 saturated carbocycles. The van der Waals surface area contributed by atoms with Gasteiger partial charge in [-0.3, -0.25) is 14.4 Å². The summed E-state index contributed by atoms with van der Waals surface area (Å²) in [6, 6.07) is 0. The molecule has 1 atom stereocenters. The lowest BCUT2D eigenvalue weighted by molar-refractivity contribution is -0.149. The molecule has 1 unspecified atom stereocenters. The number of carbonyl (C=O) groups is 3. The van der Waals surface area contributed by atoms with Crippen LogP contribution in [0.4, 0.5) is 0 Å². The Morgan fingerprint density at radius 2 is 1.26 bits per heavy atom. The number of carbonyl (C=O) groups excluding carboxylic acids is 2. The number of aliphatic carboxylic acids is 1. The molecule has 0 aliphatic heterocycles. The molecule has 38 heavy (non-hydrogen) atoms. The summed E-state index contributed by atoms with van der Waals surface area (Å²) < 4.78 is 5.82. The molecular formula is C32H53NO5. The number of carboxylic acids is 1. The van der Waals surface area contributed by atoms with E-state index in [4.69, 9.17) is 9.84 Å². The van der Waals surface area contributed by atoms with Crippen molar-refractivity contribution in [1.82, 2.24) is 5.32 Å². The van der Waals surface area contributed by atoms with E-state index in [1.54, 1.807) is 0 Å². The highest BCUT2D eigenvalue weighted by atomic mass is 16.5. The molecule has 0 aromatic heterocycles. The van der Waals surface area contributed by atoms with Crippen molar-refractivity contribution in [2.24, 2.45) is 0 Å². The summed E-state index contributed by atoms with van der Waals surface area (Å²) in [5.41, 5.74) is 0. The average Bonchev–Trinajstić information content (AvgIpc) is 2.89. The van der Waals surface area contributed by atoms with E-state index in [-0.39, 0.29) is 24.5 Å². The molecule has 0 aliphatic carbocycles. The van der Waals surface area contributed by atoms with Crippen LogP contribution in [0.1, 0.15) is 123 Å². The second-order valence-electron chi connectivity index (χ2n) is 9.62. The van der Waals surface area contributed by atoms with E-state index < -0.39 is 5.97 Å². The van der Waals surface area contributed by atoms with Crippen molar-refractivity contribution in [3.05, 3.63) is 48.6 Å². The second kappa shape index (κ2) is 27.4. The number of hydrogen-bond acceptors (Lipinski definition) is 4. The summed E-state index contributed by atoms with van der Waals surface area (Å²) in [5, 5.41) is 11.0. The Bertz CT molecular complexity index is 723. The van der Waals surface area contributed by atoms with Gasteiger partial charge in [0.2, 0.25) is 5.91 Å². The molecule has 0 aromatic carbocycles. The Hall–Kier alpha value is -2.63. The molecule has 1 amide bonds. The fraction of sp³-hybridized carbons (Fsp3) is 0.656. The minimum absolute atomic E-state index is 0.0318. The van der Waals surface area contributed by atoms with Gasteiger partial charge in [0.05, 0.1) is 0 Å². The van der Waals surface area contributed by atoms with E-state index in [0.29, 0.717) is 19.3 Å². The number of nitrogens with one attached hydrogen (secondary N) is 1. The smallest absolute Gasteiger partial charge is 0.322 e. The summed E-state index contributed by atoms with van der Waals surface area (Å²) in [6.07, 6.45) is 32.5. The summed E-state index contributed by atoms with van der Waals surface area (Å²) >= 11 is 0. The first-order valence-corrected chi connectivity index (χ1v) is 14.8. The maximum absolute atomic E-state index is 12.4. The third-order valence-corrected chi connectivity index (χ3v) is 6.03. The van der Waals surface area contributed by atoms with Gasteiger partial charge in [-0.15, -0.1) is 0 Å². The van der Waals surface area contributed by atoms with E-state index in [1.165, 1.54) is 12.8 Å². The number of hydrogen-bond donors (Lipinski definition) is 2. The number of rotatable bonds is 25. The lowest BCUT2D eigenvalue weighted by Crippen LogP contribution is -2.28. The Morgan fingerprint density at radius 3 is 1.84 bits per heavy atom. The van der Waals surface area contributed by atoms with Crippen molar-refractivity contribution in [2.75, 3.05) is 6.54 Å². The third-order valence-electron chi connectivity index (χ3n) is 6.03. The molecule has 2 N–H and O–H groups in total. The van der Waals surface area contributed by atoms with Crippen molar-refractivity contribution in [2.45, 2.75) is 129 Å². The maximum Gasteiger partial charge on any atom is 0.322 e. The van der Waals surface area contributed by atoms with Crippen LogP contribution in [0.3, 0.4) is 0 Å². The molecule has 6 heteroatoms. The van der Waals surface area contributed by atoms with Gasteiger partial charge >= 0.3 is 11.9 Å². The first-order chi connectivity index (χ1) is 18.5. The maximum atomic E-state index is 12.4. The molecule has 0 spiro atoms. The van der Waals surface area contributed by atoms with Crippen LogP contribution in [0.5, 0.6) is 0 Å². The lowest BCUT2D eigenvalue weighted by Gasteiger charge is -2.18. The number of esters is 1. The van der Waals surface area contributed by atoms with Gasteiger partial charge in [-0.25, -0.2) is 0 Å². The van der Waals surface area contributed by atoms with Crippen molar-refractivity contribution in [3.8, 4) is 0 Å². The molecule has 0 bridgehead atoms. The van der Waals surface area contributed by atoms with Gasteiger partial charge in [0.15, 0.2) is 0 Å². The van der Waals surface area contributed by atoms with Gasteiger partial charge < -0.3 is 15.2 Å². The van der Waals surface area contributed by atoms with Crippen molar-refractivity contribution < 1.29 is 24.2 Å². The van der Waals surface area contributed by atoms with Gasteiger partial charge in [0.25, 0.3) is 0 Å². The van der Waals surface area contributed by atoms with E-state index in [0.717, 1.165) is 77.0 Å². The second-order valence-corrected chi connectivity index (χ2v) is 9.62. The molecule has 0 radical (unpaired) electrons. The van der Waals surface area contributed by atoms with Crippen LogP contribution in [0.2, 0.25) is 0 Å². The molecule has 0 aliphatic rings. The summed E-state index contributed by atoms with van der Waals surface area (Å²) in [7, 11) is 0. The fourth-order valence-corrected chi connectivity index (χ4v) is 3.88. The molecule has 0 fully saturated rings. The number of carboxylic acid groups (broad SMARTS) is 1. The number of amides is 1. The van der Waals surface area contributed by atoms with Crippen LogP contribution in [-0.2, 0) is 19.1 Å². The molecule has 6 nitrogen and oxygen atoms in total. The lowest BCUT2D eigenvalue weighted by atomic mass is 10.0. The zero-order chi connectivity index (χ0) is 28.1. The van der Waals surface area contributed by atoms with Gasteiger partial charge in [-0.05, 0) is 64.2 Å². The fourth-order valence-electron chi connectivity index (χ4n) is 3.88. The highest BCUT2D eigenvalue weighted by molar-refractivity contribution is 5.80. The highest BCUT2D eigenvalue weighted by Gasteiger charge is 2.14. The standard InChI is InChI=1S/C32H53NO5/c1-3-5-7-9-10-11-12-13-14-15-16-17-23-27-32(37)38-29(24-20-8-6-4-2)25-21-18-19-22-26-30(34)33-28-31(35)36/h5,7,10-11,13-14,16-17,29H,3-4,6,8-9,12,15,18-28H2,1-2H3,(H,33,34)(H,35,36)/b7-5-,11-10-,14-13-,17-16-. The monoisotopic (exact) mass is 531 g/mol. The van der Waals surface area contributed by atoms with Crippen LogP contribution in [0.15, 0.2) is 48.6 Å². The minimum Gasteiger partial charge on any atom is -0.480 e. The van der Waals surface area contributed by atoms with E-state index >= 15 is 0 Å². The topological polar surface area (TPSA) is 92.7 Å². The van der Waals surface area contributed by atoms with E-state index in [1.807, 2.05) is 0 Å². The highest BCUT2D eigenvalue weighted by Crippen LogP contribution is 2.17. The van der Waals surface area contributed by atoms with Gasteiger partial charge in [0.1, 0.15) is 12.6 Å². The van der Waals surface area contributed by atoms with Gasteiger partial charge in [-0.2, -0.15) is 0 Å². The predicted octanol–water partition coefficient (Wildman–Crippen LogP) is 8.00. The molecule has 0 heterocycles. The molecule has 0 saturated heterocycles. The Morgan fingerprint density at radius 1 is 0.711 bits per heavy atom. The van der Waals surface area contributed by atoms with Gasteiger partial charge in [-0.1, -0.05) is 94.6 Å². The Balaban J connectivity index is 4.14. The zero-order valence-electron chi connectivity index (χ0n) is 24.0. The van der Waals surface area contributed by atoms with Crippen molar-refractivity contribution in [3.63, 3.8) is 0 Å². The Labute approximate surface area is 231 Å². The molecule has 0 aromatic rings. The van der Waals surface area contributed by atoms with Crippen LogP contribution < -0.4 is 5.32 Å². The van der Waals surface area contributed by atoms with E-state index in [2.05, 4.69) is 67.8 Å². The quantitative estimate of drug-likeness (QED) is 0.0707. The minimum atomic E-state index is -1.03. The third kappa shape index (κ3) is 26.4. The van der Waals surface area contributed by atoms with Gasteiger partial charge in [0, 0.05) is 12.8 Å². The number of ether oxygens (including phenoxy) is 1. The predicted molar refractivity (Wildman–Crippen MR) is 157 cm³/mol. The number of unbranched alkanes of at least 4 members (excludes halogenated alkanes) is 6.